The molecule has 0 unspecified atom stereocenters. The first-order valence-corrected chi connectivity index (χ1v) is 10.8. The molecular formula is C25H33NO2. The number of carbonyl (C=O) groups is 1. The van der Waals surface area contributed by atoms with E-state index in [1.165, 1.54) is 41.5 Å². The Balaban J connectivity index is 1.51. The van der Waals surface area contributed by atoms with Gasteiger partial charge in [0.15, 0.2) is 0 Å². The highest BCUT2D eigenvalue weighted by atomic mass is 16.5. The first kappa shape index (κ1) is 20.6. The van der Waals surface area contributed by atoms with E-state index in [0.717, 1.165) is 32.5 Å². The van der Waals surface area contributed by atoms with Crippen LogP contribution in [0.1, 0.15) is 50.7 Å². The summed E-state index contributed by atoms with van der Waals surface area (Å²) in [5.41, 5.74) is 5.31. The quantitative estimate of drug-likeness (QED) is 0.570. The van der Waals surface area contributed by atoms with Crippen molar-refractivity contribution in [3.8, 4) is 11.1 Å². The normalized spacial score (nSPS) is 15.5. The predicted molar refractivity (Wildman–Crippen MR) is 115 cm³/mol. The van der Waals surface area contributed by atoms with Gasteiger partial charge < -0.3 is 4.74 Å². The van der Waals surface area contributed by atoms with Crippen LogP contribution >= 0.6 is 0 Å². The number of benzene rings is 2. The van der Waals surface area contributed by atoms with Crippen molar-refractivity contribution in [2.45, 2.75) is 52.5 Å². The van der Waals surface area contributed by atoms with Gasteiger partial charge in [-0.2, -0.15) is 0 Å². The molecule has 0 aromatic heterocycles. The molecule has 150 valence electrons. The summed E-state index contributed by atoms with van der Waals surface area (Å²) in [4.78, 5) is 14.3. The van der Waals surface area contributed by atoms with Crippen molar-refractivity contribution < 1.29 is 9.53 Å². The Kier molecular flexibility index (Phi) is 7.67. The number of esters is 1. The lowest BCUT2D eigenvalue weighted by molar-refractivity contribution is -0.149. The molecule has 0 atom stereocenters. The molecule has 1 fully saturated rings. The zero-order chi connectivity index (χ0) is 19.8. The van der Waals surface area contributed by atoms with Crippen molar-refractivity contribution in [2.75, 3.05) is 19.7 Å². The SMILES string of the molecule is CCCCc1ccc(-c2ccc(CN3CCC(C(=O)OCC)CC3)cc2)cc1. The minimum atomic E-state index is -0.0211. The highest BCUT2D eigenvalue weighted by Crippen LogP contribution is 2.23. The van der Waals surface area contributed by atoms with E-state index in [1.807, 2.05) is 6.92 Å². The summed E-state index contributed by atoms with van der Waals surface area (Å²) in [6, 6.07) is 17.9. The molecule has 0 radical (unpaired) electrons. The summed E-state index contributed by atoms with van der Waals surface area (Å²) in [5, 5.41) is 0. The standard InChI is InChI=1S/C25H33NO2/c1-3-5-6-20-7-11-22(12-8-20)23-13-9-21(10-14-23)19-26-17-15-24(16-18-26)25(27)28-4-2/h7-14,24H,3-6,15-19H2,1-2H3. The number of hydrogen-bond acceptors (Lipinski definition) is 3. The van der Waals surface area contributed by atoms with Gasteiger partial charge in [0.05, 0.1) is 12.5 Å². The van der Waals surface area contributed by atoms with E-state index in [-0.39, 0.29) is 11.9 Å². The topological polar surface area (TPSA) is 29.5 Å². The molecule has 3 nitrogen and oxygen atoms in total. The highest BCUT2D eigenvalue weighted by molar-refractivity contribution is 5.72. The van der Waals surface area contributed by atoms with E-state index in [0.29, 0.717) is 6.61 Å². The van der Waals surface area contributed by atoms with Gasteiger partial charge in [0, 0.05) is 6.54 Å². The Bertz CT molecular complexity index is 728. The zero-order valence-corrected chi connectivity index (χ0v) is 17.3. The van der Waals surface area contributed by atoms with Crippen molar-refractivity contribution in [3.63, 3.8) is 0 Å². The lowest BCUT2D eigenvalue weighted by Gasteiger charge is -2.30. The minimum Gasteiger partial charge on any atom is -0.466 e. The first-order valence-electron chi connectivity index (χ1n) is 10.8. The fourth-order valence-corrected chi connectivity index (χ4v) is 3.89. The molecular weight excluding hydrogens is 346 g/mol. The molecule has 2 aromatic carbocycles. The fraction of sp³-hybridized carbons (Fsp3) is 0.480. The van der Waals surface area contributed by atoms with Gasteiger partial charge in [-0.05, 0) is 68.0 Å². The van der Waals surface area contributed by atoms with E-state index in [2.05, 4.69) is 60.4 Å². The average Bonchev–Trinajstić information content (AvgIpc) is 2.74. The van der Waals surface area contributed by atoms with Crippen LogP contribution in [0, 0.1) is 5.92 Å². The second-order valence-electron chi connectivity index (χ2n) is 7.80. The van der Waals surface area contributed by atoms with Crippen LogP contribution in [0.4, 0.5) is 0 Å². The number of ether oxygens (including phenoxy) is 1. The number of nitrogens with zero attached hydrogens (tertiary/aromatic N) is 1. The molecule has 3 rings (SSSR count). The average molecular weight is 380 g/mol. The maximum Gasteiger partial charge on any atom is 0.309 e. The van der Waals surface area contributed by atoms with Crippen LogP contribution in [-0.2, 0) is 22.5 Å². The molecule has 1 heterocycles. The second-order valence-corrected chi connectivity index (χ2v) is 7.80. The van der Waals surface area contributed by atoms with Gasteiger partial charge >= 0.3 is 5.97 Å². The third-order valence-corrected chi connectivity index (χ3v) is 5.67. The van der Waals surface area contributed by atoms with E-state index >= 15 is 0 Å². The molecule has 0 saturated carbocycles. The Hall–Kier alpha value is -2.13. The molecule has 0 N–H and O–H groups in total. The largest absolute Gasteiger partial charge is 0.466 e. The van der Waals surface area contributed by atoms with Crippen LogP contribution in [0.15, 0.2) is 48.5 Å². The van der Waals surface area contributed by atoms with Gasteiger partial charge in [-0.25, -0.2) is 0 Å². The smallest absolute Gasteiger partial charge is 0.309 e. The van der Waals surface area contributed by atoms with Crippen LogP contribution in [0.3, 0.4) is 0 Å². The third-order valence-electron chi connectivity index (χ3n) is 5.67. The Labute approximate surface area is 169 Å². The van der Waals surface area contributed by atoms with Crippen LogP contribution in [0.2, 0.25) is 0 Å². The molecule has 0 amide bonds. The summed E-state index contributed by atoms with van der Waals surface area (Å²) in [6.45, 7) is 7.46. The van der Waals surface area contributed by atoms with E-state index < -0.39 is 0 Å². The number of unbranched alkanes of at least 4 members (excludes halogenated alkanes) is 1. The summed E-state index contributed by atoms with van der Waals surface area (Å²) in [5.74, 6) is 0.0612. The molecule has 0 spiro atoms. The van der Waals surface area contributed by atoms with Crippen molar-refractivity contribution in [1.82, 2.24) is 4.90 Å². The molecule has 1 aliphatic heterocycles. The van der Waals surface area contributed by atoms with Gasteiger partial charge in [-0.1, -0.05) is 61.9 Å². The minimum absolute atomic E-state index is 0.0211. The maximum atomic E-state index is 11.9. The van der Waals surface area contributed by atoms with Crippen molar-refractivity contribution in [2.24, 2.45) is 5.92 Å². The maximum absolute atomic E-state index is 11.9. The number of rotatable bonds is 8. The molecule has 0 bridgehead atoms. The summed E-state index contributed by atoms with van der Waals surface area (Å²) in [6.07, 6.45) is 5.47. The van der Waals surface area contributed by atoms with Crippen molar-refractivity contribution >= 4 is 5.97 Å². The van der Waals surface area contributed by atoms with Gasteiger partial charge in [-0.3, -0.25) is 9.69 Å². The Morgan fingerprint density at radius 3 is 2.04 bits per heavy atom. The van der Waals surface area contributed by atoms with Gasteiger partial charge in [0.25, 0.3) is 0 Å². The highest BCUT2D eigenvalue weighted by Gasteiger charge is 2.25. The number of likely N-dealkylation sites (tertiary alicyclic amines) is 1. The van der Waals surface area contributed by atoms with Gasteiger partial charge in [0.1, 0.15) is 0 Å². The fourth-order valence-electron chi connectivity index (χ4n) is 3.89. The molecule has 1 aliphatic rings. The van der Waals surface area contributed by atoms with E-state index in [1.54, 1.807) is 0 Å². The van der Waals surface area contributed by atoms with E-state index in [4.69, 9.17) is 4.74 Å². The van der Waals surface area contributed by atoms with Gasteiger partial charge in [0.2, 0.25) is 0 Å². The number of hydrogen-bond donors (Lipinski definition) is 0. The van der Waals surface area contributed by atoms with Gasteiger partial charge in [-0.15, -0.1) is 0 Å². The van der Waals surface area contributed by atoms with Crippen LogP contribution in [-0.4, -0.2) is 30.6 Å². The predicted octanol–water partition coefficient (Wildman–Crippen LogP) is 5.47. The number of carbonyl (C=O) groups excluding carboxylic acids is 1. The number of piperidine rings is 1. The van der Waals surface area contributed by atoms with Crippen molar-refractivity contribution in [3.05, 3.63) is 59.7 Å². The Morgan fingerprint density at radius 2 is 1.50 bits per heavy atom. The Morgan fingerprint density at radius 1 is 0.929 bits per heavy atom. The molecule has 28 heavy (non-hydrogen) atoms. The van der Waals surface area contributed by atoms with Crippen LogP contribution < -0.4 is 0 Å². The molecule has 0 aliphatic carbocycles. The lowest BCUT2D eigenvalue weighted by atomic mass is 9.96. The molecule has 2 aromatic rings. The second kappa shape index (κ2) is 10.4. The number of aryl methyl sites for hydroxylation is 1. The molecule has 1 saturated heterocycles. The summed E-state index contributed by atoms with van der Waals surface area (Å²) >= 11 is 0. The van der Waals surface area contributed by atoms with Crippen LogP contribution in [0.25, 0.3) is 11.1 Å². The monoisotopic (exact) mass is 379 g/mol. The van der Waals surface area contributed by atoms with Crippen LogP contribution in [0.5, 0.6) is 0 Å². The first-order chi connectivity index (χ1) is 13.7. The summed E-state index contributed by atoms with van der Waals surface area (Å²) in [7, 11) is 0. The lowest BCUT2D eigenvalue weighted by Crippen LogP contribution is -2.36. The van der Waals surface area contributed by atoms with E-state index in [9.17, 15) is 4.79 Å². The zero-order valence-electron chi connectivity index (χ0n) is 17.3. The molecule has 3 heteroatoms. The van der Waals surface area contributed by atoms with Crippen molar-refractivity contribution in [1.29, 1.82) is 0 Å². The summed E-state index contributed by atoms with van der Waals surface area (Å²) < 4.78 is 5.16. The third kappa shape index (κ3) is 5.68.